The third kappa shape index (κ3) is 2.91. The van der Waals surface area contributed by atoms with Gasteiger partial charge in [0.15, 0.2) is 5.03 Å². The van der Waals surface area contributed by atoms with E-state index >= 15 is 0 Å². The van der Waals surface area contributed by atoms with E-state index in [0.717, 1.165) is 6.07 Å². The number of nitrogens with zero attached hydrogens (tertiary/aromatic N) is 3. The Morgan fingerprint density at radius 1 is 1.32 bits per heavy atom. The average molecular weight is 285 g/mol. The van der Waals surface area contributed by atoms with Crippen molar-refractivity contribution in [2.45, 2.75) is 5.03 Å². The Hall–Kier alpha value is -1.51. The highest BCUT2D eigenvalue weighted by Crippen LogP contribution is 2.16. The van der Waals surface area contributed by atoms with Crippen molar-refractivity contribution < 1.29 is 18.3 Å². The fourth-order valence-electron chi connectivity index (χ4n) is 1.84. The van der Waals surface area contributed by atoms with Crippen molar-refractivity contribution in [1.29, 1.82) is 0 Å². The average Bonchev–Trinajstić information content (AvgIpc) is 2.39. The number of hydrogen-bond donors (Lipinski definition) is 1. The molecular weight excluding hydrogens is 270 g/mol. The first-order valence-electron chi connectivity index (χ1n) is 5.79. The van der Waals surface area contributed by atoms with Crippen LogP contribution in [0.5, 0.6) is 0 Å². The summed E-state index contributed by atoms with van der Waals surface area (Å²) in [5.74, 6) is -1.17. The maximum atomic E-state index is 12.3. The number of aromatic carboxylic acids is 1. The van der Waals surface area contributed by atoms with Crippen molar-refractivity contribution in [2.75, 3.05) is 33.2 Å². The molecule has 1 aliphatic heterocycles. The van der Waals surface area contributed by atoms with Gasteiger partial charge in [-0.15, -0.1) is 0 Å². The first kappa shape index (κ1) is 13.9. The molecule has 1 saturated heterocycles. The Bertz CT molecular complexity index is 579. The summed E-state index contributed by atoms with van der Waals surface area (Å²) < 4.78 is 26.0. The van der Waals surface area contributed by atoms with E-state index in [2.05, 4.69) is 4.98 Å². The number of sulfonamides is 1. The Labute approximate surface area is 111 Å². The quantitative estimate of drug-likeness (QED) is 0.821. The van der Waals surface area contributed by atoms with Gasteiger partial charge in [-0.25, -0.2) is 18.2 Å². The van der Waals surface area contributed by atoms with Crippen molar-refractivity contribution in [3.63, 3.8) is 0 Å². The van der Waals surface area contributed by atoms with Gasteiger partial charge in [-0.2, -0.15) is 4.31 Å². The van der Waals surface area contributed by atoms with Gasteiger partial charge in [-0.05, 0) is 19.2 Å². The van der Waals surface area contributed by atoms with Crippen molar-refractivity contribution in [2.24, 2.45) is 0 Å². The van der Waals surface area contributed by atoms with Gasteiger partial charge in [0, 0.05) is 32.4 Å². The Morgan fingerprint density at radius 2 is 1.95 bits per heavy atom. The van der Waals surface area contributed by atoms with Gasteiger partial charge in [0.25, 0.3) is 10.0 Å². The first-order chi connectivity index (χ1) is 8.91. The van der Waals surface area contributed by atoms with Crippen molar-refractivity contribution in [3.05, 3.63) is 23.9 Å². The molecule has 2 heterocycles. The number of aromatic nitrogens is 1. The highest BCUT2D eigenvalue weighted by atomic mass is 32.2. The predicted molar refractivity (Wildman–Crippen MR) is 67.5 cm³/mol. The Kier molecular flexibility index (Phi) is 3.83. The molecule has 0 spiro atoms. The maximum Gasteiger partial charge on any atom is 0.335 e. The molecule has 0 saturated carbocycles. The molecule has 0 bridgehead atoms. The fraction of sp³-hybridized carbons (Fsp3) is 0.455. The molecule has 0 amide bonds. The molecule has 0 radical (unpaired) electrons. The topological polar surface area (TPSA) is 90.8 Å². The number of likely N-dealkylation sites (N-methyl/N-ethyl adjacent to an activating group) is 1. The van der Waals surface area contributed by atoms with Crippen molar-refractivity contribution in [1.82, 2.24) is 14.2 Å². The van der Waals surface area contributed by atoms with E-state index in [-0.39, 0.29) is 10.6 Å². The number of carboxylic acids is 1. The lowest BCUT2D eigenvalue weighted by Gasteiger charge is -2.31. The normalized spacial score (nSPS) is 18.4. The van der Waals surface area contributed by atoms with Gasteiger partial charge in [0.1, 0.15) is 0 Å². The van der Waals surface area contributed by atoms with E-state index in [1.54, 1.807) is 0 Å². The third-order valence-corrected chi connectivity index (χ3v) is 4.85. The molecular formula is C11H15N3O4S. The van der Waals surface area contributed by atoms with Gasteiger partial charge in [-0.3, -0.25) is 0 Å². The first-order valence-corrected chi connectivity index (χ1v) is 7.23. The van der Waals surface area contributed by atoms with E-state index < -0.39 is 16.0 Å². The summed E-state index contributed by atoms with van der Waals surface area (Å²) in [6, 6.07) is 2.36. The number of piperazine rings is 1. The van der Waals surface area contributed by atoms with Crippen LogP contribution in [0.25, 0.3) is 0 Å². The summed E-state index contributed by atoms with van der Waals surface area (Å²) in [6.07, 6.45) is 1.20. The second-order valence-electron chi connectivity index (χ2n) is 4.40. The minimum atomic E-state index is -3.71. The lowest BCUT2D eigenvalue weighted by atomic mass is 10.3. The second kappa shape index (κ2) is 5.24. The summed E-state index contributed by atoms with van der Waals surface area (Å²) in [5.41, 5.74) is -0.0808. The standard InChI is InChI=1S/C11H15N3O4S/c1-13-4-6-14(7-5-13)19(17,18)10-8-9(11(15)16)2-3-12-10/h2-3,8H,4-7H2,1H3,(H,15,16). The number of pyridine rings is 1. The van der Waals surface area contributed by atoms with Crippen LogP contribution in [0.15, 0.2) is 23.4 Å². The molecule has 0 atom stereocenters. The zero-order chi connectivity index (χ0) is 14.0. The minimum Gasteiger partial charge on any atom is -0.478 e. The molecule has 1 N–H and O–H groups in total. The van der Waals surface area contributed by atoms with Crippen LogP contribution in [-0.4, -0.2) is 66.9 Å². The molecule has 7 nitrogen and oxygen atoms in total. The summed E-state index contributed by atoms with van der Waals surface area (Å²) in [7, 11) is -1.79. The number of hydrogen-bond acceptors (Lipinski definition) is 5. The van der Waals surface area contributed by atoms with E-state index in [1.165, 1.54) is 16.6 Å². The molecule has 1 fully saturated rings. The molecule has 19 heavy (non-hydrogen) atoms. The van der Waals surface area contributed by atoms with E-state index in [1.807, 2.05) is 11.9 Å². The molecule has 104 valence electrons. The van der Waals surface area contributed by atoms with Crippen LogP contribution in [-0.2, 0) is 10.0 Å². The van der Waals surface area contributed by atoms with E-state index in [0.29, 0.717) is 26.2 Å². The largest absolute Gasteiger partial charge is 0.478 e. The predicted octanol–water partition coefficient (Wildman–Crippen LogP) is -0.284. The van der Waals surface area contributed by atoms with Crippen LogP contribution in [0.1, 0.15) is 10.4 Å². The highest BCUT2D eigenvalue weighted by Gasteiger charge is 2.29. The summed E-state index contributed by atoms with van der Waals surface area (Å²) in [5, 5.41) is 8.67. The van der Waals surface area contributed by atoms with Gasteiger partial charge in [0.2, 0.25) is 0 Å². The van der Waals surface area contributed by atoms with Gasteiger partial charge >= 0.3 is 5.97 Å². The molecule has 0 aliphatic carbocycles. The molecule has 1 aliphatic rings. The second-order valence-corrected chi connectivity index (χ2v) is 6.28. The zero-order valence-corrected chi connectivity index (χ0v) is 11.3. The van der Waals surface area contributed by atoms with Crippen molar-refractivity contribution >= 4 is 16.0 Å². The van der Waals surface area contributed by atoms with E-state index in [4.69, 9.17) is 5.11 Å². The van der Waals surface area contributed by atoms with E-state index in [9.17, 15) is 13.2 Å². The highest BCUT2D eigenvalue weighted by molar-refractivity contribution is 7.89. The molecule has 1 aromatic rings. The van der Waals surface area contributed by atoms with Crippen LogP contribution >= 0.6 is 0 Å². The van der Waals surface area contributed by atoms with Gasteiger partial charge in [-0.1, -0.05) is 0 Å². The lowest BCUT2D eigenvalue weighted by molar-refractivity contribution is 0.0696. The molecule has 8 heteroatoms. The van der Waals surface area contributed by atoms with Gasteiger partial charge in [0.05, 0.1) is 5.56 Å². The van der Waals surface area contributed by atoms with Crippen molar-refractivity contribution in [3.8, 4) is 0 Å². The summed E-state index contributed by atoms with van der Waals surface area (Å²) in [6.45, 7) is 2.07. The maximum absolute atomic E-state index is 12.3. The minimum absolute atomic E-state index is 0.0808. The SMILES string of the molecule is CN1CCN(S(=O)(=O)c2cc(C(=O)O)ccn2)CC1. The molecule has 0 aromatic carbocycles. The third-order valence-electron chi connectivity index (χ3n) is 3.05. The van der Waals surface area contributed by atoms with Crippen LogP contribution in [0.3, 0.4) is 0 Å². The lowest BCUT2D eigenvalue weighted by Crippen LogP contribution is -2.47. The number of carbonyl (C=O) groups is 1. The van der Waals surface area contributed by atoms with Gasteiger partial charge < -0.3 is 10.0 Å². The van der Waals surface area contributed by atoms with Crippen LogP contribution in [0.2, 0.25) is 0 Å². The Morgan fingerprint density at radius 3 is 2.53 bits per heavy atom. The summed E-state index contributed by atoms with van der Waals surface area (Å²) in [4.78, 5) is 16.7. The van der Waals surface area contributed by atoms with Crippen LogP contribution < -0.4 is 0 Å². The number of rotatable bonds is 3. The molecule has 1 aromatic heterocycles. The van der Waals surface area contributed by atoms with Crippen LogP contribution in [0, 0.1) is 0 Å². The zero-order valence-electron chi connectivity index (χ0n) is 10.5. The molecule has 2 rings (SSSR count). The smallest absolute Gasteiger partial charge is 0.335 e. The molecule has 0 unspecified atom stereocenters. The number of carboxylic acid groups (broad SMARTS) is 1. The Balaban J connectivity index is 2.29. The van der Waals surface area contributed by atoms with Crippen LogP contribution in [0.4, 0.5) is 0 Å². The summed E-state index contributed by atoms with van der Waals surface area (Å²) >= 11 is 0. The fourth-order valence-corrected chi connectivity index (χ4v) is 3.22. The monoisotopic (exact) mass is 285 g/mol.